The van der Waals surface area contributed by atoms with Crippen LogP contribution in [-0.2, 0) is 4.74 Å². The molecule has 1 aliphatic heterocycles. The van der Waals surface area contributed by atoms with Gasteiger partial charge >= 0.3 is 0 Å². The Morgan fingerprint density at radius 1 is 1.22 bits per heavy atom. The fourth-order valence-electron chi connectivity index (χ4n) is 3.60. The molecular formula is C23H24F2N4O3. The molecule has 1 aliphatic rings. The van der Waals surface area contributed by atoms with Crippen molar-refractivity contribution in [2.75, 3.05) is 45.3 Å². The Morgan fingerprint density at radius 3 is 2.69 bits per heavy atom. The largest absolute Gasteiger partial charge is 0.483 e. The van der Waals surface area contributed by atoms with E-state index in [4.69, 9.17) is 14.5 Å². The summed E-state index contributed by atoms with van der Waals surface area (Å²) in [6.45, 7) is 4.27. The molecule has 2 aromatic carbocycles. The van der Waals surface area contributed by atoms with Crippen LogP contribution in [0.2, 0.25) is 0 Å². The van der Waals surface area contributed by atoms with Crippen molar-refractivity contribution in [1.82, 2.24) is 14.9 Å². The molecule has 0 radical (unpaired) electrons. The average molecular weight is 442 g/mol. The topological polar surface area (TPSA) is 67.8 Å². The number of amides is 1. The molecule has 1 saturated heterocycles. The fraction of sp³-hybridized carbons (Fsp3) is 0.348. The van der Waals surface area contributed by atoms with Crippen molar-refractivity contribution >= 4 is 22.8 Å². The Hall–Kier alpha value is -3.33. The van der Waals surface area contributed by atoms with E-state index in [9.17, 15) is 13.6 Å². The molecule has 0 saturated carbocycles. The number of carbonyl (C=O) groups is 1. The lowest BCUT2D eigenvalue weighted by atomic mass is 10.0. The van der Waals surface area contributed by atoms with Crippen molar-refractivity contribution in [1.29, 1.82) is 0 Å². The lowest BCUT2D eigenvalue weighted by molar-refractivity contribution is 0.0827. The lowest BCUT2D eigenvalue weighted by Crippen LogP contribution is -2.36. The van der Waals surface area contributed by atoms with E-state index in [1.54, 1.807) is 39.3 Å². The van der Waals surface area contributed by atoms with E-state index in [0.29, 0.717) is 54.3 Å². The van der Waals surface area contributed by atoms with Crippen LogP contribution in [0.15, 0.2) is 36.5 Å². The van der Waals surface area contributed by atoms with Gasteiger partial charge in [-0.05, 0) is 31.2 Å². The van der Waals surface area contributed by atoms with Crippen LogP contribution < -0.4 is 9.64 Å². The second-order valence-corrected chi connectivity index (χ2v) is 7.77. The molecule has 4 rings (SSSR count). The second-order valence-electron chi connectivity index (χ2n) is 7.77. The quantitative estimate of drug-likeness (QED) is 0.602. The van der Waals surface area contributed by atoms with E-state index < -0.39 is 17.7 Å². The third kappa shape index (κ3) is 4.34. The molecule has 3 aromatic rings. The Labute approximate surface area is 184 Å². The second kappa shape index (κ2) is 9.04. The van der Waals surface area contributed by atoms with Crippen LogP contribution >= 0.6 is 0 Å². The van der Waals surface area contributed by atoms with Gasteiger partial charge in [0.15, 0.2) is 11.6 Å². The number of nitrogens with zero attached hydrogens (tertiary/aromatic N) is 4. The summed E-state index contributed by atoms with van der Waals surface area (Å²) in [4.78, 5) is 25.5. The first-order chi connectivity index (χ1) is 15.3. The molecule has 1 atom stereocenters. The Morgan fingerprint density at radius 2 is 1.97 bits per heavy atom. The number of hydrogen-bond acceptors (Lipinski definition) is 6. The van der Waals surface area contributed by atoms with Gasteiger partial charge in [-0.1, -0.05) is 6.07 Å². The number of carbonyl (C=O) groups excluding carboxylic acids is 1. The third-order valence-corrected chi connectivity index (χ3v) is 5.31. The molecule has 2 heterocycles. The smallest absolute Gasteiger partial charge is 0.253 e. The number of anilines is 1. The first kappa shape index (κ1) is 21.9. The van der Waals surface area contributed by atoms with Crippen molar-refractivity contribution in [2.24, 2.45) is 0 Å². The van der Waals surface area contributed by atoms with Gasteiger partial charge in [0.25, 0.3) is 5.91 Å². The van der Waals surface area contributed by atoms with Crippen LogP contribution in [-0.4, -0.2) is 61.2 Å². The molecular weight excluding hydrogens is 418 g/mol. The zero-order valence-electron chi connectivity index (χ0n) is 18.1. The average Bonchev–Trinajstić information content (AvgIpc) is 2.81. The number of ether oxygens (including phenoxy) is 2. The maximum Gasteiger partial charge on any atom is 0.253 e. The molecule has 0 aliphatic carbocycles. The number of fused-ring (bicyclic) bond motifs is 1. The van der Waals surface area contributed by atoms with Gasteiger partial charge in [0.1, 0.15) is 11.9 Å². The summed E-state index contributed by atoms with van der Waals surface area (Å²) >= 11 is 0. The van der Waals surface area contributed by atoms with Gasteiger partial charge in [0, 0.05) is 38.3 Å². The van der Waals surface area contributed by atoms with E-state index >= 15 is 0 Å². The number of hydrogen-bond donors (Lipinski definition) is 0. The SMILES string of the molecule is CC(Oc1cccc(F)c1F)c1cc(C(=O)N(C)C)cc2ncc(N3CCOCC3)nc12. The van der Waals surface area contributed by atoms with Crippen molar-refractivity contribution in [2.45, 2.75) is 13.0 Å². The van der Waals surface area contributed by atoms with Crippen LogP contribution in [0, 0.1) is 11.6 Å². The molecule has 0 bridgehead atoms. The molecule has 1 unspecified atom stereocenters. The summed E-state index contributed by atoms with van der Waals surface area (Å²) < 4.78 is 39.0. The van der Waals surface area contributed by atoms with Gasteiger partial charge in [0.05, 0.1) is 30.4 Å². The first-order valence-corrected chi connectivity index (χ1v) is 10.3. The highest BCUT2D eigenvalue weighted by atomic mass is 19.2. The predicted octanol–water partition coefficient (Wildman–Crippen LogP) is 3.59. The molecule has 32 heavy (non-hydrogen) atoms. The van der Waals surface area contributed by atoms with Crippen molar-refractivity contribution in [3.05, 3.63) is 59.3 Å². The van der Waals surface area contributed by atoms with Gasteiger partial charge in [-0.15, -0.1) is 0 Å². The summed E-state index contributed by atoms with van der Waals surface area (Å²) in [5.41, 5.74) is 2.01. The van der Waals surface area contributed by atoms with Gasteiger partial charge in [-0.3, -0.25) is 9.78 Å². The summed E-state index contributed by atoms with van der Waals surface area (Å²) in [6.07, 6.45) is 0.942. The van der Waals surface area contributed by atoms with E-state index in [1.807, 2.05) is 0 Å². The molecule has 0 N–H and O–H groups in total. The van der Waals surface area contributed by atoms with Crippen molar-refractivity contribution < 1.29 is 23.0 Å². The Balaban J connectivity index is 1.80. The van der Waals surface area contributed by atoms with Gasteiger partial charge in [-0.25, -0.2) is 9.37 Å². The van der Waals surface area contributed by atoms with Crippen LogP contribution in [0.3, 0.4) is 0 Å². The van der Waals surface area contributed by atoms with Crippen LogP contribution in [0.25, 0.3) is 11.0 Å². The minimum atomic E-state index is -1.07. The minimum absolute atomic E-state index is 0.212. The Kier molecular flexibility index (Phi) is 6.18. The first-order valence-electron chi connectivity index (χ1n) is 10.3. The van der Waals surface area contributed by atoms with Gasteiger partial charge < -0.3 is 19.3 Å². The van der Waals surface area contributed by atoms with Crippen LogP contribution in [0.4, 0.5) is 14.6 Å². The highest BCUT2D eigenvalue weighted by molar-refractivity contribution is 5.98. The Bertz CT molecular complexity index is 1150. The maximum atomic E-state index is 14.2. The van der Waals surface area contributed by atoms with Crippen molar-refractivity contribution in [3.63, 3.8) is 0 Å². The monoisotopic (exact) mass is 442 g/mol. The number of aromatic nitrogens is 2. The maximum absolute atomic E-state index is 14.2. The zero-order valence-corrected chi connectivity index (χ0v) is 18.1. The molecule has 7 nitrogen and oxygen atoms in total. The molecule has 1 aromatic heterocycles. The van der Waals surface area contributed by atoms with E-state index in [0.717, 1.165) is 6.07 Å². The van der Waals surface area contributed by atoms with Crippen LogP contribution in [0.1, 0.15) is 28.9 Å². The van der Waals surface area contributed by atoms with E-state index in [1.165, 1.54) is 17.0 Å². The summed E-state index contributed by atoms with van der Waals surface area (Å²) in [7, 11) is 3.31. The van der Waals surface area contributed by atoms with E-state index in [-0.39, 0.29) is 11.7 Å². The highest BCUT2D eigenvalue weighted by Gasteiger charge is 2.22. The van der Waals surface area contributed by atoms with Crippen LogP contribution in [0.5, 0.6) is 5.75 Å². The molecule has 9 heteroatoms. The van der Waals surface area contributed by atoms with Gasteiger partial charge in [-0.2, -0.15) is 4.39 Å². The highest BCUT2D eigenvalue weighted by Crippen LogP contribution is 2.31. The molecule has 0 spiro atoms. The normalized spacial score (nSPS) is 15.0. The number of morpholine rings is 1. The zero-order chi connectivity index (χ0) is 22.8. The van der Waals surface area contributed by atoms with E-state index in [2.05, 4.69) is 9.88 Å². The number of rotatable bonds is 5. The van der Waals surface area contributed by atoms with Gasteiger partial charge in [0.2, 0.25) is 5.82 Å². The molecule has 168 valence electrons. The number of benzene rings is 2. The lowest BCUT2D eigenvalue weighted by Gasteiger charge is -2.28. The standard InChI is InChI=1S/C23H24F2N4O3/c1-14(32-19-6-4-5-17(24)21(19)25)16-11-15(23(30)28(2)3)12-18-22(16)27-20(13-26-18)29-7-9-31-10-8-29/h4-6,11-14H,7-10H2,1-3H3. The number of halogens is 2. The summed E-state index contributed by atoms with van der Waals surface area (Å²) in [6, 6.07) is 7.10. The van der Waals surface area contributed by atoms with Crippen molar-refractivity contribution in [3.8, 4) is 5.75 Å². The molecule has 1 fully saturated rings. The minimum Gasteiger partial charge on any atom is -0.483 e. The summed E-state index contributed by atoms with van der Waals surface area (Å²) in [5.74, 6) is -1.81. The third-order valence-electron chi connectivity index (χ3n) is 5.31. The fourth-order valence-corrected chi connectivity index (χ4v) is 3.60. The summed E-state index contributed by atoms with van der Waals surface area (Å²) in [5, 5.41) is 0. The molecule has 1 amide bonds. The predicted molar refractivity (Wildman–Crippen MR) is 116 cm³/mol.